The molecule has 0 bridgehead atoms. The Morgan fingerprint density at radius 2 is 1.91 bits per heavy atom. The van der Waals surface area contributed by atoms with Gasteiger partial charge >= 0.3 is 5.97 Å². The standard InChI is InChI=1S/C22H23N7O5/c1-27(34-2)20(30)14-5-7-28(8-6-14)21(31)16-9-17(12-23-10-16)29-13-19(25-26-29)15-3-4-18(22(32)33)24-11-15/h3-4,9-14H,5-8H2,1-2H3,(H,32,33). The maximum absolute atomic E-state index is 13.0. The highest BCUT2D eigenvalue weighted by Crippen LogP contribution is 2.22. The molecule has 12 heteroatoms. The van der Waals surface area contributed by atoms with Gasteiger partial charge in [-0.1, -0.05) is 5.21 Å². The zero-order chi connectivity index (χ0) is 24.2. The molecule has 12 nitrogen and oxygen atoms in total. The fourth-order valence-electron chi connectivity index (χ4n) is 3.72. The third-order valence-electron chi connectivity index (χ3n) is 5.72. The summed E-state index contributed by atoms with van der Waals surface area (Å²) in [5, 5.41) is 18.4. The normalized spacial score (nSPS) is 14.1. The number of likely N-dealkylation sites (tertiary alicyclic amines) is 1. The van der Waals surface area contributed by atoms with Gasteiger partial charge in [0.15, 0.2) is 0 Å². The first kappa shape index (κ1) is 23.0. The smallest absolute Gasteiger partial charge is 0.354 e. The summed E-state index contributed by atoms with van der Waals surface area (Å²) in [6.45, 7) is 0.924. The monoisotopic (exact) mass is 465 g/mol. The van der Waals surface area contributed by atoms with E-state index in [1.54, 1.807) is 36.5 Å². The van der Waals surface area contributed by atoms with Crippen LogP contribution in [0.1, 0.15) is 33.7 Å². The van der Waals surface area contributed by atoms with Crippen LogP contribution < -0.4 is 0 Å². The molecular weight excluding hydrogens is 442 g/mol. The van der Waals surface area contributed by atoms with Crippen LogP contribution in [0.4, 0.5) is 0 Å². The molecule has 0 aromatic carbocycles. The highest BCUT2D eigenvalue weighted by molar-refractivity contribution is 5.94. The quantitative estimate of drug-likeness (QED) is 0.533. The lowest BCUT2D eigenvalue weighted by Gasteiger charge is -2.32. The van der Waals surface area contributed by atoms with Gasteiger partial charge in [-0.3, -0.25) is 19.4 Å². The number of aromatic carboxylic acids is 1. The molecule has 4 heterocycles. The molecule has 0 atom stereocenters. The molecule has 1 fully saturated rings. The number of hydrogen-bond acceptors (Lipinski definition) is 8. The lowest BCUT2D eigenvalue weighted by Crippen LogP contribution is -2.43. The summed E-state index contributed by atoms with van der Waals surface area (Å²) in [4.78, 5) is 51.0. The number of carbonyl (C=O) groups excluding carboxylic acids is 2. The van der Waals surface area contributed by atoms with Crippen molar-refractivity contribution in [1.29, 1.82) is 0 Å². The third kappa shape index (κ3) is 4.76. The van der Waals surface area contributed by atoms with E-state index >= 15 is 0 Å². The number of nitrogens with zero attached hydrogens (tertiary/aromatic N) is 7. The molecule has 176 valence electrons. The van der Waals surface area contributed by atoms with Gasteiger partial charge in [0.25, 0.3) is 5.91 Å². The first-order valence-corrected chi connectivity index (χ1v) is 10.6. The van der Waals surface area contributed by atoms with Gasteiger partial charge in [-0.25, -0.2) is 19.5 Å². The number of hydrogen-bond donors (Lipinski definition) is 1. The van der Waals surface area contributed by atoms with Gasteiger partial charge in [-0.05, 0) is 31.0 Å². The summed E-state index contributed by atoms with van der Waals surface area (Å²) in [6.07, 6.45) is 7.24. The van der Waals surface area contributed by atoms with Crippen LogP contribution in [0.5, 0.6) is 0 Å². The van der Waals surface area contributed by atoms with E-state index in [-0.39, 0.29) is 23.4 Å². The van der Waals surface area contributed by atoms with Crippen LogP contribution >= 0.6 is 0 Å². The van der Waals surface area contributed by atoms with E-state index in [0.717, 1.165) is 0 Å². The molecule has 0 radical (unpaired) electrons. The number of amides is 2. The Kier molecular flexibility index (Phi) is 6.59. The molecule has 4 rings (SSSR count). The van der Waals surface area contributed by atoms with Crippen molar-refractivity contribution in [1.82, 2.24) is 34.9 Å². The first-order valence-electron chi connectivity index (χ1n) is 10.6. The zero-order valence-electron chi connectivity index (χ0n) is 18.7. The van der Waals surface area contributed by atoms with E-state index in [1.807, 2.05) is 0 Å². The molecule has 2 amide bonds. The fourth-order valence-corrected chi connectivity index (χ4v) is 3.72. The molecule has 1 saturated heterocycles. The Labute approximate surface area is 194 Å². The number of pyridine rings is 2. The highest BCUT2D eigenvalue weighted by Gasteiger charge is 2.30. The van der Waals surface area contributed by atoms with Crippen molar-refractivity contribution in [3.63, 3.8) is 0 Å². The molecule has 1 aliphatic rings. The second kappa shape index (κ2) is 9.75. The van der Waals surface area contributed by atoms with Crippen molar-refractivity contribution in [2.24, 2.45) is 5.92 Å². The summed E-state index contributed by atoms with van der Waals surface area (Å²) in [7, 11) is 3.02. The van der Waals surface area contributed by atoms with Crippen LogP contribution in [0.25, 0.3) is 16.9 Å². The van der Waals surface area contributed by atoms with Crippen LogP contribution in [0.3, 0.4) is 0 Å². The van der Waals surface area contributed by atoms with E-state index in [9.17, 15) is 14.4 Å². The number of aromatic nitrogens is 5. The summed E-state index contributed by atoms with van der Waals surface area (Å²) >= 11 is 0. The lowest BCUT2D eigenvalue weighted by molar-refractivity contribution is -0.174. The van der Waals surface area contributed by atoms with Crippen LogP contribution in [0.15, 0.2) is 43.0 Å². The molecule has 1 aliphatic heterocycles. The average molecular weight is 465 g/mol. The number of carboxylic acid groups (broad SMARTS) is 1. The minimum absolute atomic E-state index is 0.0642. The zero-order valence-corrected chi connectivity index (χ0v) is 18.7. The molecule has 3 aromatic heterocycles. The number of rotatable bonds is 6. The van der Waals surface area contributed by atoms with Crippen LogP contribution in [-0.2, 0) is 9.63 Å². The second-order valence-electron chi connectivity index (χ2n) is 7.80. The van der Waals surface area contributed by atoms with Gasteiger partial charge in [0.05, 0.1) is 30.8 Å². The third-order valence-corrected chi connectivity index (χ3v) is 5.72. The largest absolute Gasteiger partial charge is 0.477 e. The number of carbonyl (C=O) groups is 3. The van der Waals surface area contributed by atoms with E-state index < -0.39 is 5.97 Å². The summed E-state index contributed by atoms with van der Waals surface area (Å²) in [6, 6.07) is 4.67. The molecule has 0 saturated carbocycles. The maximum Gasteiger partial charge on any atom is 0.354 e. The van der Waals surface area contributed by atoms with Crippen molar-refractivity contribution in [2.75, 3.05) is 27.2 Å². The Morgan fingerprint density at radius 1 is 1.15 bits per heavy atom. The summed E-state index contributed by atoms with van der Waals surface area (Å²) < 4.78 is 1.48. The van der Waals surface area contributed by atoms with Crippen molar-refractivity contribution in [2.45, 2.75) is 12.8 Å². The SMILES string of the molecule is CON(C)C(=O)C1CCN(C(=O)c2cncc(-n3cc(-c4ccc(C(=O)O)nc4)nn3)c2)CC1. The van der Waals surface area contributed by atoms with Crippen molar-refractivity contribution < 1.29 is 24.3 Å². The predicted octanol–water partition coefficient (Wildman–Crippen LogP) is 1.29. The van der Waals surface area contributed by atoms with Crippen molar-refractivity contribution in [3.8, 4) is 16.9 Å². The lowest BCUT2D eigenvalue weighted by atomic mass is 9.95. The molecule has 0 unspecified atom stereocenters. The Bertz CT molecular complexity index is 1200. The molecule has 3 aromatic rings. The molecule has 0 aliphatic carbocycles. The molecule has 34 heavy (non-hydrogen) atoms. The fraction of sp³-hybridized carbons (Fsp3) is 0.318. The maximum atomic E-state index is 13.0. The minimum Gasteiger partial charge on any atom is -0.477 e. The second-order valence-corrected chi connectivity index (χ2v) is 7.80. The molecule has 0 spiro atoms. The highest BCUT2D eigenvalue weighted by atomic mass is 16.7. The van der Waals surface area contributed by atoms with Gasteiger partial charge in [0.2, 0.25) is 5.91 Å². The van der Waals surface area contributed by atoms with Crippen LogP contribution in [0.2, 0.25) is 0 Å². The van der Waals surface area contributed by atoms with Gasteiger partial charge in [-0.2, -0.15) is 0 Å². The van der Waals surface area contributed by atoms with Crippen molar-refractivity contribution in [3.05, 3.63) is 54.2 Å². The predicted molar refractivity (Wildman–Crippen MR) is 118 cm³/mol. The minimum atomic E-state index is -1.11. The molecular formula is C22H23N7O5. The summed E-state index contributed by atoms with van der Waals surface area (Å²) in [5.74, 6) is -1.55. The Balaban J connectivity index is 1.45. The summed E-state index contributed by atoms with van der Waals surface area (Å²) in [5.41, 5.74) is 1.99. The van der Waals surface area contributed by atoms with E-state index in [1.165, 1.54) is 35.3 Å². The van der Waals surface area contributed by atoms with E-state index in [2.05, 4.69) is 20.3 Å². The van der Waals surface area contributed by atoms with Gasteiger partial charge in [-0.15, -0.1) is 5.10 Å². The topological polar surface area (TPSA) is 144 Å². The average Bonchev–Trinajstić information content (AvgIpc) is 3.38. The first-order chi connectivity index (χ1) is 16.4. The Hall–Kier alpha value is -4.19. The van der Waals surface area contributed by atoms with Gasteiger partial charge in [0.1, 0.15) is 11.4 Å². The van der Waals surface area contributed by atoms with E-state index in [0.29, 0.717) is 48.4 Å². The van der Waals surface area contributed by atoms with Gasteiger partial charge < -0.3 is 10.0 Å². The van der Waals surface area contributed by atoms with E-state index in [4.69, 9.17) is 9.94 Å². The number of hydroxylamine groups is 2. The van der Waals surface area contributed by atoms with Crippen LogP contribution in [-0.4, -0.2) is 85.1 Å². The number of carboxylic acids is 1. The van der Waals surface area contributed by atoms with Crippen LogP contribution in [0, 0.1) is 5.92 Å². The van der Waals surface area contributed by atoms with Crippen molar-refractivity contribution >= 4 is 17.8 Å². The molecule has 1 N–H and O–H groups in total. The number of piperidine rings is 1. The van der Waals surface area contributed by atoms with Gasteiger partial charge in [0, 0.05) is 44.0 Å². The Morgan fingerprint density at radius 3 is 2.56 bits per heavy atom.